The SMILES string of the molecule is CNC(=O)[C@@H](Cc1ccccc1)N(Cc1cccc(OC)c1)C(=O)CN(c1cc(Cl)cc(Cl)c1)S(=O)(=O)c1ccc(C)cc1. The number of likely N-dealkylation sites (N-methyl/N-ethyl adjacent to an activating group) is 1. The highest BCUT2D eigenvalue weighted by atomic mass is 35.5. The normalized spacial score (nSPS) is 11.8. The lowest BCUT2D eigenvalue weighted by Gasteiger charge is -2.33. The number of nitrogens with one attached hydrogen (secondary N) is 1. The van der Waals surface area contributed by atoms with Gasteiger partial charge in [0.15, 0.2) is 0 Å². The van der Waals surface area contributed by atoms with Crippen LogP contribution in [0.3, 0.4) is 0 Å². The van der Waals surface area contributed by atoms with Crippen molar-refractivity contribution in [1.82, 2.24) is 10.2 Å². The van der Waals surface area contributed by atoms with Crippen molar-refractivity contribution in [3.63, 3.8) is 0 Å². The second-order valence-electron chi connectivity index (χ2n) is 10.1. The summed E-state index contributed by atoms with van der Waals surface area (Å²) in [5, 5.41) is 3.06. The summed E-state index contributed by atoms with van der Waals surface area (Å²) in [6.45, 7) is 1.23. The Kier molecular flexibility index (Phi) is 10.9. The molecule has 11 heteroatoms. The first-order chi connectivity index (χ1) is 21.0. The van der Waals surface area contributed by atoms with Crippen molar-refractivity contribution in [3.05, 3.63) is 124 Å². The van der Waals surface area contributed by atoms with Gasteiger partial charge in [0.1, 0.15) is 18.3 Å². The van der Waals surface area contributed by atoms with E-state index in [0.717, 1.165) is 15.4 Å². The monoisotopic (exact) mass is 653 g/mol. The average molecular weight is 655 g/mol. The zero-order chi connectivity index (χ0) is 31.9. The first-order valence-corrected chi connectivity index (χ1v) is 15.9. The number of aryl methyl sites for hydroxylation is 1. The molecule has 0 bridgehead atoms. The van der Waals surface area contributed by atoms with Gasteiger partial charge in [0.05, 0.1) is 17.7 Å². The Morgan fingerprint density at radius 1 is 0.864 bits per heavy atom. The van der Waals surface area contributed by atoms with E-state index in [1.807, 2.05) is 43.3 Å². The fraction of sp³-hybridized carbons (Fsp3) is 0.212. The van der Waals surface area contributed by atoms with Gasteiger partial charge in [-0.3, -0.25) is 13.9 Å². The van der Waals surface area contributed by atoms with E-state index in [1.54, 1.807) is 30.3 Å². The lowest BCUT2D eigenvalue weighted by atomic mass is 10.0. The zero-order valence-corrected chi connectivity index (χ0v) is 26.9. The predicted octanol–water partition coefficient (Wildman–Crippen LogP) is 5.89. The van der Waals surface area contributed by atoms with Crippen LogP contribution in [0.2, 0.25) is 10.0 Å². The number of carbonyl (C=O) groups is 2. The molecule has 2 amide bonds. The summed E-state index contributed by atoms with van der Waals surface area (Å²) in [4.78, 5) is 29.1. The molecule has 0 aliphatic carbocycles. The van der Waals surface area contributed by atoms with Crippen LogP contribution in [0.25, 0.3) is 0 Å². The van der Waals surface area contributed by atoms with Gasteiger partial charge in [-0.25, -0.2) is 8.42 Å². The number of hydrogen-bond acceptors (Lipinski definition) is 5. The van der Waals surface area contributed by atoms with Crippen molar-refractivity contribution < 1.29 is 22.7 Å². The Bertz CT molecular complexity index is 1700. The van der Waals surface area contributed by atoms with Crippen molar-refractivity contribution in [3.8, 4) is 5.75 Å². The maximum atomic E-state index is 14.4. The summed E-state index contributed by atoms with van der Waals surface area (Å²) in [5.41, 5.74) is 2.50. The number of anilines is 1. The van der Waals surface area contributed by atoms with Gasteiger partial charge < -0.3 is 15.0 Å². The van der Waals surface area contributed by atoms with Crippen molar-refractivity contribution in [1.29, 1.82) is 0 Å². The molecule has 44 heavy (non-hydrogen) atoms. The lowest BCUT2D eigenvalue weighted by Crippen LogP contribution is -2.53. The molecule has 0 aliphatic rings. The van der Waals surface area contributed by atoms with Gasteiger partial charge in [-0.2, -0.15) is 0 Å². The molecule has 0 fully saturated rings. The molecule has 4 aromatic rings. The molecule has 4 rings (SSSR count). The minimum absolute atomic E-state index is 0.00960. The molecule has 1 N–H and O–H groups in total. The highest BCUT2D eigenvalue weighted by molar-refractivity contribution is 7.92. The topological polar surface area (TPSA) is 96.0 Å². The molecule has 0 saturated heterocycles. The summed E-state index contributed by atoms with van der Waals surface area (Å²) >= 11 is 12.6. The Labute approximate surface area is 268 Å². The number of hydrogen-bond donors (Lipinski definition) is 1. The van der Waals surface area contributed by atoms with Crippen LogP contribution in [0.1, 0.15) is 16.7 Å². The van der Waals surface area contributed by atoms with E-state index in [2.05, 4.69) is 5.32 Å². The molecule has 0 spiro atoms. The molecule has 0 radical (unpaired) electrons. The van der Waals surface area contributed by atoms with Gasteiger partial charge in [0.25, 0.3) is 10.0 Å². The third kappa shape index (κ3) is 8.11. The number of ether oxygens (including phenoxy) is 1. The quantitative estimate of drug-likeness (QED) is 0.206. The first kappa shape index (κ1) is 32.9. The van der Waals surface area contributed by atoms with Crippen LogP contribution in [0, 0.1) is 6.92 Å². The number of amides is 2. The van der Waals surface area contributed by atoms with Crippen molar-refractivity contribution in [2.75, 3.05) is 25.0 Å². The first-order valence-electron chi connectivity index (χ1n) is 13.7. The summed E-state index contributed by atoms with van der Waals surface area (Å²) < 4.78 is 34.5. The maximum Gasteiger partial charge on any atom is 0.264 e. The number of halogens is 2. The van der Waals surface area contributed by atoms with E-state index in [-0.39, 0.29) is 33.6 Å². The highest BCUT2D eigenvalue weighted by Crippen LogP contribution is 2.30. The van der Waals surface area contributed by atoms with Gasteiger partial charge >= 0.3 is 0 Å². The van der Waals surface area contributed by atoms with Gasteiger partial charge in [0.2, 0.25) is 11.8 Å². The van der Waals surface area contributed by atoms with E-state index >= 15 is 0 Å². The molecule has 230 valence electrons. The molecule has 0 aliphatic heterocycles. The van der Waals surface area contributed by atoms with Crippen molar-refractivity contribution >= 4 is 50.7 Å². The number of sulfonamides is 1. The number of benzene rings is 4. The largest absolute Gasteiger partial charge is 0.497 e. The van der Waals surface area contributed by atoms with E-state index < -0.39 is 34.4 Å². The number of carbonyl (C=O) groups excluding carboxylic acids is 2. The predicted molar refractivity (Wildman–Crippen MR) is 174 cm³/mol. The number of nitrogens with zero attached hydrogens (tertiary/aromatic N) is 2. The van der Waals surface area contributed by atoms with Gasteiger partial charge in [0, 0.05) is 30.1 Å². The van der Waals surface area contributed by atoms with Crippen molar-refractivity contribution in [2.45, 2.75) is 30.8 Å². The standard InChI is InChI=1S/C33H33Cl2N3O5S/c1-23-12-14-30(15-13-23)44(41,42)38(28-19-26(34)18-27(35)20-28)22-32(39)37(21-25-10-7-11-29(16-25)43-3)31(33(40)36-2)17-24-8-5-4-6-9-24/h4-16,18-20,31H,17,21-22H2,1-3H3,(H,36,40)/t31-/m1/s1. The molecule has 0 saturated carbocycles. The Hall–Kier alpha value is -4.05. The highest BCUT2D eigenvalue weighted by Gasteiger charge is 2.34. The Balaban J connectivity index is 1.82. The van der Waals surface area contributed by atoms with Crippen LogP contribution in [-0.4, -0.2) is 51.9 Å². The summed E-state index contributed by atoms with van der Waals surface area (Å²) in [6, 6.07) is 26.1. The molecular formula is C33H33Cl2N3O5S. The minimum Gasteiger partial charge on any atom is -0.497 e. The van der Waals surface area contributed by atoms with E-state index in [0.29, 0.717) is 11.3 Å². The summed E-state index contributed by atoms with van der Waals surface area (Å²) in [5.74, 6) is -0.431. The Morgan fingerprint density at radius 3 is 2.11 bits per heavy atom. The van der Waals surface area contributed by atoms with Crippen LogP contribution in [-0.2, 0) is 32.6 Å². The van der Waals surface area contributed by atoms with Crippen LogP contribution in [0.4, 0.5) is 5.69 Å². The van der Waals surface area contributed by atoms with Crippen LogP contribution >= 0.6 is 23.2 Å². The Morgan fingerprint density at radius 2 is 1.50 bits per heavy atom. The van der Waals surface area contributed by atoms with E-state index in [9.17, 15) is 18.0 Å². The van der Waals surface area contributed by atoms with Crippen molar-refractivity contribution in [2.24, 2.45) is 0 Å². The zero-order valence-electron chi connectivity index (χ0n) is 24.5. The van der Waals surface area contributed by atoms with E-state index in [1.165, 1.54) is 49.4 Å². The lowest BCUT2D eigenvalue weighted by molar-refractivity contribution is -0.139. The average Bonchev–Trinajstić information content (AvgIpc) is 3.01. The van der Waals surface area contributed by atoms with Crippen LogP contribution in [0.15, 0.2) is 102 Å². The fourth-order valence-corrected chi connectivity index (χ4v) is 6.65. The van der Waals surface area contributed by atoms with Gasteiger partial charge in [-0.15, -0.1) is 0 Å². The molecule has 8 nitrogen and oxygen atoms in total. The van der Waals surface area contributed by atoms with Crippen LogP contribution in [0.5, 0.6) is 5.75 Å². The van der Waals surface area contributed by atoms with Crippen LogP contribution < -0.4 is 14.4 Å². The summed E-state index contributed by atoms with van der Waals surface area (Å²) in [6.07, 6.45) is 0.198. The van der Waals surface area contributed by atoms with E-state index in [4.69, 9.17) is 27.9 Å². The molecular weight excluding hydrogens is 621 g/mol. The summed E-state index contributed by atoms with van der Waals surface area (Å²) in [7, 11) is -1.25. The molecule has 4 aromatic carbocycles. The molecule has 1 atom stereocenters. The molecule has 0 aromatic heterocycles. The third-order valence-corrected chi connectivity index (χ3v) is 9.25. The van der Waals surface area contributed by atoms with Gasteiger partial charge in [-0.1, -0.05) is 83.4 Å². The number of rotatable bonds is 12. The molecule has 0 heterocycles. The molecule has 0 unspecified atom stereocenters. The maximum absolute atomic E-state index is 14.4. The fourth-order valence-electron chi connectivity index (χ4n) is 4.74. The van der Waals surface area contributed by atoms with Gasteiger partial charge in [-0.05, 0) is 60.5 Å². The number of methoxy groups -OCH3 is 1. The third-order valence-electron chi connectivity index (χ3n) is 7.03. The smallest absolute Gasteiger partial charge is 0.264 e. The second kappa shape index (κ2) is 14.6. The second-order valence-corrected chi connectivity index (χ2v) is 12.9. The minimum atomic E-state index is -4.28.